The monoisotopic (exact) mass is 340 g/mol. The van der Waals surface area contributed by atoms with Gasteiger partial charge in [0.25, 0.3) is 5.91 Å². The molecule has 132 valence electrons. The van der Waals surface area contributed by atoms with Crippen LogP contribution in [0, 0.1) is 11.8 Å². The van der Waals surface area contributed by atoms with Crippen molar-refractivity contribution in [2.24, 2.45) is 11.8 Å². The summed E-state index contributed by atoms with van der Waals surface area (Å²) < 4.78 is 5.23. The van der Waals surface area contributed by atoms with E-state index in [1.54, 1.807) is 30.6 Å². The highest BCUT2D eigenvalue weighted by Gasteiger charge is 2.28. The molecule has 1 heterocycles. The quantitative estimate of drug-likeness (QED) is 0.867. The lowest BCUT2D eigenvalue weighted by Gasteiger charge is -2.34. The molecule has 0 aliphatic heterocycles. The largest absolute Gasteiger partial charge is 0.452 e. The normalized spacial score (nSPS) is 23.2. The summed E-state index contributed by atoms with van der Waals surface area (Å²) in [4.78, 5) is 28.6. The van der Waals surface area contributed by atoms with E-state index in [9.17, 15) is 9.59 Å². The number of ether oxygens (including phenoxy) is 1. The molecule has 0 bridgehead atoms. The van der Waals surface area contributed by atoms with Gasteiger partial charge in [-0.05, 0) is 35.8 Å². The maximum absolute atomic E-state index is 12.3. The van der Waals surface area contributed by atoms with Crippen LogP contribution < -0.4 is 5.32 Å². The van der Waals surface area contributed by atoms with E-state index in [0.29, 0.717) is 17.4 Å². The number of aromatic nitrogens is 1. The van der Waals surface area contributed by atoms with E-state index in [2.05, 4.69) is 24.1 Å². The van der Waals surface area contributed by atoms with Gasteiger partial charge in [-0.1, -0.05) is 38.8 Å². The van der Waals surface area contributed by atoms with Gasteiger partial charge in [0.05, 0.1) is 5.56 Å². The fraction of sp³-hybridized carbons (Fsp3) is 0.450. The number of fused-ring (bicyclic) bond motifs is 1. The summed E-state index contributed by atoms with van der Waals surface area (Å²) in [5, 5.41) is 4.66. The minimum atomic E-state index is -0.489. The van der Waals surface area contributed by atoms with Gasteiger partial charge in [0.1, 0.15) is 0 Å². The smallest absolute Gasteiger partial charge is 0.339 e. The molecule has 1 aliphatic carbocycles. The van der Waals surface area contributed by atoms with Gasteiger partial charge in [-0.3, -0.25) is 9.78 Å². The first-order valence-corrected chi connectivity index (χ1v) is 8.85. The van der Waals surface area contributed by atoms with E-state index in [0.717, 1.165) is 23.6 Å². The number of carbonyl (C=O) groups is 2. The highest BCUT2D eigenvalue weighted by molar-refractivity contribution is 6.04. The second-order valence-electron chi connectivity index (χ2n) is 6.92. The molecule has 1 aromatic carbocycles. The summed E-state index contributed by atoms with van der Waals surface area (Å²) in [7, 11) is 0. The van der Waals surface area contributed by atoms with Gasteiger partial charge < -0.3 is 10.1 Å². The number of carbonyl (C=O) groups excluding carboxylic acids is 2. The third-order valence-electron chi connectivity index (χ3n) is 5.29. The van der Waals surface area contributed by atoms with E-state index >= 15 is 0 Å². The molecule has 1 aromatic heterocycles. The van der Waals surface area contributed by atoms with Crippen molar-refractivity contribution in [1.82, 2.24) is 10.3 Å². The number of benzene rings is 1. The summed E-state index contributed by atoms with van der Waals surface area (Å²) in [6, 6.07) is 7.31. The van der Waals surface area contributed by atoms with Crippen LogP contribution in [0.25, 0.3) is 10.8 Å². The number of hydrogen-bond donors (Lipinski definition) is 1. The van der Waals surface area contributed by atoms with Crippen molar-refractivity contribution < 1.29 is 14.3 Å². The number of amides is 1. The zero-order valence-electron chi connectivity index (χ0n) is 14.7. The summed E-state index contributed by atoms with van der Waals surface area (Å²) >= 11 is 0. The van der Waals surface area contributed by atoms with Crippen LogP contribution in [0.3, 0.4) is 0 Å². The van der Waals surface area contributed by atoms with E-state index in [4.69, 9.17) is 4.74 Å². The van der Waals surface area contributed by atoms with Crippen molar-refractivity contribution in [2.75, 3.05) is 6.61 Å². The SMILES string of the molecule is C[C@@H]1[C@H](C)CCC[C@H]1NC(=O)COC(=O)c1cccc2cnccc12. The van der Waals surface area contributed by atoms with Crippen molar-refractivity contribution in [3.8, 4) is 0 Å². The second-order valence-corrected chi connectivity index (χ2v) is 6.92. The predicted molar refractivity (Wildman–Crippen MR) is 96.1 cm³/mol. The Morgan fingerprint density at radius 1 is 1.24 bits per heavy atom. The average molecular weight is 340 g/mol. The molecule has 1 amide bonds. The third-order valence-corrected chi connectivity index (χ3v) is 5.29. The lowest BCUT2D eigenvalue weighted by atomic mass is 9.78. The summed E-state index contributed by atoms with van der Waals surface area (Å²) in [5.74, 6) is 0.322. The van der Waals surface area contributed by atoms with Gasteiger partial charge in [-0.15, -0.1) is 0 Å². The Kier molecular flexibility index (Phi) is 5.31. The van der Waals surface area contributed by atoms with Crippen LogP contribution in [-0.4, -0.2) is 29.5 Å². The zero-order valence-corrected chi connectivity index (χ0v) is 14.7. The molecular weight excluding hydrogens is 316 g/mol. The maximum atomic E-state index is 12.3. The van der Waals surface area contributed by atoms with E-state index in [-0.39, 0.29) is 18.6 Å². The molecule has 0 unspecified atom stereocenters. The van der Waals surface area contributed by atoms with Crippen LogP contribution in [0.15, 0.2) is 36.7 Å². The average Bonchev–Trinajstić information content (AvgIpc) is 2.63. The van der Waals surface area contributed by atoms with E-state index in [1.807, 2.05) is 6.07 Å². The molecule has 0 radical (unpaired) electrons. The maximum Gasteiger partial charge on any atom is 0.339 e. The lowest BCUT2D eigenvalue weighted by Crippen LogP contribution is -2.45. The number of nitrogens with one attached hydrogen (secondary N) is 1. The topological polar surface area (TPSA) is 68.3 Å². The highest BCUT2D eigenvalue weighted by Crippen LogP contribution is 2.29. The molecule has 5 heteroatoms. The lowest BCUT2D eigenvalue weighted by molar-refractivity contribution is -0.125. The first-order valence-electron chi connectivity index (χ1n) is 8.85. The van der Waals surface area contributed by atoms with Gasteiger partial charge in [0.2, 0.25) is 0 Å². The van der Waals surface area contributed by atoms with Crippen molar-refractivity contribution in [3.63, 3.8) is 0 Å². The fourth-order valence-corrected chi connectivity index (χ4v) is 3.54. The van der Waals surface area contributed by atoms with Crippen LogP contribution in [0.4, 0.5) is 0 Å². The number of hydrogen-bond acceptors (Lipinski definition) is 4. The van der Waals surface area contributed by atoms with Gasteiger partial charge in [-0.2, -0.15) is 0 Å². The Morgan fingerprint density at radius 2 is 2.08 bits per heavy atom. The predicted octanol–water partition coefficient (Wildman–Crippen LogP) is 3.33. The minimum Gasteiger partial charge on any atom is -0.452 e. The summed E-state index contributed by atoms with van der Waals surface area (Å²) in [6.07, 6.45) is 6.65. The molecule has 0 saturated heterocycles. The Balaban J connectivity index is 1.59. The number of nitrogens with zero attached hydrogens (tertiary/aromatic N) is 1. The summed E-state index contributed by atoms with van der Waals surface area (Å²) in [6.45, 7) is 4.14. The first-order chi connectivity index (χ1) is 12.1. The van der Waals surface area contributed by atoms with Gasteiger partial charge in [0.15, 0.2) is 6.61 Å². The van der Waals surface area contributed by atoms with Gasteiger partial charge in [0, 0.05) is 23.8 Å². The molecular formula is C20H24N2O3. The van der Waals surface area contributed by atoms with E-state index < -0.39 is 5.97 Å². The fourth-order valence-electron chi connectivity index (χ4n) is 3.54. The van der Waals surface area contributed by atoms with Gasteiger partial charge in [-0.25, -0.2) is 4.79 Å². The van der Waals surface area contributed by atoms with Gasteiger partial charge >= 0.3 is 5.97 Å². The van der Waals surface area contributed by atoms with Crippen molar-refractivity contribution in [2.45, 2.75) is 39.2 Å². The Hall–Kier alpha value is -2.43. The molecule has 1 saturated carbocycles. The molecule has 1 aliphatic rings. The molecule has 3 atom stereocenters. The van der Waals surface area contributed by atoms with Crippen molar-refractivity contribution in [3.05, 3.63) is 42.2 Å². The number of esters is 1. The Morgan fingerprint density at radius 3 is 2.92 bits per heavy atom. The van der Waals surface area contributed by atoms with Crippen LogP contribution >= 0.6 is 0 Å². The Bertz CT molecular complexity index is 769. The summed E-state index contributed by atoms with van der Waals surface area (Å²) in [5.41, 5.74) is 0.451. The standard InChI is InChI=1S/C20H24N2O3/c1-13-5-3-8-18(14(13)2)22-19(23)12-25-20(24)17-7-4-6-15-11-21-10-9-16(15)17/h4,6-7,9-11,13-14,18H,3,5,8,12H2,1-2H3,(H,22,23)/t13-,14-,18-/m1/s1. The Labute approximate surface area is 147 Å². The zero-order chi connectivity index (χ0) is 17.8. The number of pyridine rings is 1. The van der Waals surface area contributed by atoms with Crippen molar-refractivity contribution in [1.29, 1.82) is 0 Å². The third kappa shape index (κ3) is 3.98. The first kappa shape index (κ1) is 17.4. The molecule has 0 spiro atoms. The van der Waals surface area contributed by atoms with Crippen LogP contribution in [0.1, 0.15) is 43.5 Å². The van der Waals surface area contributed by atoms with Crippen molar-refractivity contribution >= 4 is 22.6 Å². The van der Waals surface area contributed by atoms with Crippen LogP contribution in [0.5, 0.6) is 0 Å². The number of rotatable bonds is 4. The highest BCUT2D eigenvalue weighted by atomic mass is 16.5. The van der Waals surface area contributed by atoms with E-state index in [1.165, 1.54) is 6.42 Å². The molecule has 5 nitrogen and oxygen atoms in total. The molecule has 2 aromatic rings. The molecule has 3 rings (SSSR count). The molecule has 1 fully saturated rings. The van der Waals surface area contributed by atoms with Crippen LogP contribution in [0.2, 0.25) is 0 Å². The van der Waals surface area contributed by atoms with Crippen LogP contribution in [-0.2, 0) is 9.53 Å². The minimum absolute atomic E-state index is 0.165. The molecule has 25 heavy (non-hydrogen) atoms. The second kappa shape index (κ2) is 7.64. The molecule has 1 N–H and O–H groups in total.